The number of nitrogens with one attached hydrogen (secondary N) is 1. The minimum Gasteiger partial charge on any atom is -0.308 e. The van der Waals surface area contributed by atoms with E-state index in [-0.39, 0.29) is 0 Å². The van der Waals surface area contributed by atoms with Crippen molar-refractivity contribution in [3.05, 3.63) is 29.3 Å². The highest BCUT2D eigenvalue weighted by atomic mass is 32.1. The number of fused-ring (bicyclic) bond motifs is 1. The molecule has 0 bridgehead atoms. The molecule has 3 rings (SSSR count). The van der Waals surface area contributed by atoms with Gasteiger partial charge in [0, 0.05) is 0 Å². The zero-order valence-corrected chi connectivity index (χ0v) is 14.0. The molecule has 1 aliphatic rings. The fourth-order valence-corrected chi connectivity index (χ4v) is 4.72. The van der Waals surface area contributed by atoms with E-state index in [1.54, 1.807) is 0 Å². The topological polar surface area (TPSA) is 24.9 Å². The summed E-state index contributed by atoms with van der Waals surface area (Å²) in [6, 6.07) is 8.93. The molecule has 1 heterocycles. The van der Waals surface area contributed by atoms with E-state index >= 15 is 0 Å². The molecular weight excluding hydrogens is 276 g/mol. The van der Waals surface area contributed by atoms with Crippen LogP contribution in [0.4, 0.5) is 0 Å². The number of nitrogens with zero attached hydrogens (tertiary/aromatic N) is 1. The Kier molecular flexibility index (Phi) is 4.91. The van der Waals surface area contributed by atoms with Gasteiger partial charge in [0.1, 0.15) is 5.01 Å². The maximum atomic E-state index is 4.87. The molecule has 2 aromatic rings. The molecule has 3 heteroatoms. The number of thiazole rings is 1. The van der Waals surface area contributed by atoms with Crippen LogP contribution in [0.5, 0.6) is 0 Å². The summed E-state index contributed by atoms with van der Waals surface area (Å²) in [5.74, 6) is 1.77. The average Bonchev–Trinajstić information content (AvgIpc) is 2.91. The average molecular weight is 302 g/mol. The van der Waals surface area contributed by atoms with E-state index < -0.39 is 0 Å². The molecule has 1 aromatic heterocycles. The van der Waals surface area contributed by atoms with Crippen LogP contribution in [0.15, 0.2) is 24.3 Å². The first kappa shape index (κ1) is 15.0. The monoisotopic (exact) mass is 302 g/mol. The Morgan fingerprint density at radius 3 is 2.95 bits per heavy atom. The predicted molar refractivity (Wildman–Crippen MR) is 91.8 cm³/mol. The molecule has 1 N–H and O–H groups in total. The highest BCUT2D eigenvalue weighted by Gasteiger charge is 2.24. The second kappa shape index (κ2) is 6.89. The molecule has 0 radical (unpaired) electrons. The SMILES string of the molecule is CCNC(CC1CCCC(C)C1)c1nc2ccccc2s1. The third-order valence-electron chi connectivity index (χ3n) is 4.67. The fraction of sp³-hybridized carbons (Fsp3) is 0.611. The first-order chi connectivity index (χ1) is 10.3. The van der Waals surface area contributed by atoms with Crippen molar-refractivity contribution in [2.75, 3.05) is 6.54 Å². The van der Waals surface area contributed by atoms with E-state index in [4.69, 9.17) is 4.98 Å². The van der Waals surface area contributed by atoms with Crippen LogP contribution >= 0.6 is 11.3 Å². The van der Waals surface area contributed by atoms with Gasteiger partial charge in [-0.2, -0.15) is 0 Å². The highest BCUT2D eigenvalue weighted by Crippen LogP contribution is 2.36. The maximum Gasteiger partial charge on any atom is 0.111 e. The zero-order chi connectivity index (χ0) is 14.7. The molecule has 1 saturated carbocycles. The number of para-hydroxylation sites is 1. The number of rotatable bonds is 5. The molecule has 0 spiro atoms. The first-order valence-electron chi connectivity index (χ1n) is 8.35. The Labute approximate surface area is 132 Å². The lowest BCUT2D eigenvalue weighted by atomic mass is 9.79. The second-order valence-corrected chi connectivity index (χ2v) is 7.57. The Morgan fingerprint density at radius 1 is 1.33 bits per heavy atom. The van der Waals surface area contributed by atoms with Crippen molar-refractivity contribution in [1.29, 1.82) is 0 Å². The minimum atomic E-state index is 0.433. The summed E-state index contributed by atoms with van der Waals surface area (Å²) in [6.45, 7) is 5.62. The molecule has 21 heavy (non-hydrogen) atoms. The Hall–Kier alpha value is -0.930. The molecule has 0 aliphatic heterocycles. The van der Waals surface area contributed by atoms with Gasteiger partial charge in [0.2, 0.25) is 0 Å². The van der Waals surface area contributed by atoms with E-state index in [0.717, 1.165) is 23.9 Å². The fourth-order valence-electron chi connectivity index (χ4n) is 3.66. The van der Waals surface area contributed by atoms with Crippen molar-refractivity contribution < 1.29 is 0 Å². The summed E-state index contributed by atoms with van der Waals surface area (Å²) in [6.07, 6.45) is 6.87. The Morgan fingerprint density at radius 2 is 2.19 bits per heavy atom. The third kappa shape index (κ3) is 3.64. The van der Waals surface area contributed by atoms with Crippen LogP contribution in [0.2, 0.25) is 0 Å². The lowest BCUT2D eigenvalue weighted by molar-refractivity contribution is 0.247. The molecule has 0 saturated heterocycles. The quantitative estimate of drug-likeness (QED) is 0.825. The van der Waals surface area contributed by atoms with Crippen LogP contribution in [0.1, 0.15) is 57.0 Å². The van der Waals surface area contributed by atoms with Gasteiger partial charge < -0.3 is 5.32 Å². The first-order valence-corrected chi connectivity index (χ1v) is 9.16. The molecule has 3 unspecified atom stereocenters. The molecule has 1 fully saturated rings. The van der Waals surface area contributed by atoms with Crippen molar-refractivity contribution >= 4 is 21.6 Å². The van der Waals surface area contributed by atoms with Crippen LogP contribution in [-0.4, -0.2) is 11.5 Å². The van der Waals surface area contributed by atoms with Crippen LogP contribution < -0.4 is 5.32 Å². The summed E-state index contributed by atoms with van der Waals surface area (Å²) >= 11 is 1.86. The summed E-state index contributed by atoms with van der Waals surface area (Å²) in [5, 5.41) is 4.94. The number of hydrogen-bond acceptors (Lipinski definition) is 3. The summed E-state index contributed by atoms with van der Waals surface area (Å²) in [5.41, 5.74) is 1.15. The van der Waals surface area contributed by atoms with E-state index in [1.165, 1.54) is 41.8 Å². The normalized spacial score (nSPS) is 24.3. The summed E-state index contributed by atoms with van der Waals surface area (Å²) in [7, 11) is 0. The van der Waals surface area contributed by atoms with E-state index in [0.29, 0.717) is 6.04 Å². The van der Waals surface area contributed by atoms with Crippen molar-refractivity contribution in [1.82, 2.24) is 10.3 Å². The van der Waals surface area contributed by atoms with Crippen molar-refractivity contribution in [3.8, 4) is 0 Å². The number of benzene rings is 1. The summed E-state index contributed by atoms with van der Waals surface area (Å²) < 4.78 is 1.31. The zero-order valence-electron chi connectivity index (χ0n) is 13.1. The van der Waals surface area contributed by atoms with Crippen LogP contribution in [-0.2, 0) is 0 Å². The molecule has 3 atom stereocenters. The van der Waals surface area contributed by atoms with E-state index in [9.17, 15) is 0 Å². The lowest BCUT2D eigenvalue weighted by Gasteiger charge is -2.29. The Balaban J connectivity index is 1.76. The van der Waals surface area contributed by atoms with E-state index in [2.05, 4.69) is 43.4 Å². The molecule has 114 valence electrons. The van der Waals surface area contributed by atoms with Gasteiger partial charge in [-0.1, -0.05) is 45.2 Å². The van der Waals surface area contributed by atoms with Gasteiger partial charge in [-0.15, -0.1) is 11.3 Å². The van der Waals surface area contributed by atoms with Crippen LogP contribution in [0, 0.1) is 11.8 Å². The molecule has 1 aliphatic carbocycles. The van der Waals surface area contributed by atoms with Crippen molar-refractivity contribution in [3.63, 3.8) is 0 Å². The van der Waals surface area contributed by atoms with E-state index in [1.807, 2.05) is 11.3 Å². The van der Waals surface area contributed by atoms with Gasteiger partial charge in [0.05, 0.1) is 16.3 Å². The standard InChI is InChI=1S/C18H26N2S/c1-3-19-16(12-14-8-6-7-13(2)11-14)18-20-15-9-4-5-10-17(15)21-18/h4-5,9-10,13-14,16,19H,3,6-8,11-12H2,1-2H3. The smallest absolute Gasteiger partial charge is 0.111 e. The van der Waals surface area contributed by atoms with Gasteiger partial charge in [-0.25, -0.2) is 4.98 Å². The minimum absolute atomic E-state index is 0.433. The van der Waals surface area contributed by atoms with Crippen LogP contribution in [0.3, 0.4) is 0 Å². The second-order valence-electron chi connectivity index (χ2n) is 6.50. The molecular formula is C18H26N2S. The predicted octanol–water partition coefficient (Wildman–Crippen LogP) is 5.16. The van der Waals surface area contributed by atoms with Gasteiger partial charge in [0.15, 0.2) is 0 Å². The third-order valence-corrected chi connectivity index (χ3v) is 5.82. The Bertz CT molecular complexity index is 544. The van der Waals surface area contributed by atoms with Crippen molar-refractivity contribution in [2.45, 2.75) is 52.0 Å². The number of aromatic nitrogens is 1. The van der Waals surface area contributed by atoms with Crippen LogP contribution in [0.25, 0.3) is 10.2 Å². The summed E-state index contributed by atoms with van der Waals surface area (Å²) in [4.78, 5) is 4.87. The van der Waals surface area contributed by atoms with Gasteiger partial charge in [-0.05, 0) is 43.4 Å². The van der Waals surface area contributed by atoms with Gasteiger partial charge in [-0.3, -0.25) is 0 Å². The van der Waals surface area contributed by atoms with Gasteiger partial charge in [0.25, 0.3) is 0 Å². The van der Waals surface area contributed by atoms with Gasteiger partial charge >= 0.3 is 0 Å². The highest BCUT2D eigenvalue weighted by molar-refractivity contribution is 7.18. The maximum absolute atomic E-state index is 4.87. The molecule has 0 amide bonds. The van der Waals surface area contributed by atoms with Crippen molar-refractivity contribution in [2.24, 2.45) is 11.8 Å². The largest absolute Gasteiger partial charge is 0.308 e. The number of hydrogen-bond donors (Lipinski definition) is 1. The molecule has 1 aromatic carbocycles. The lowest BCUT2D eigenvalue weighted by Crippen LogP contribution is -2.25. The molecule has 2 nitrogen and oxygen atoms in total.